The molecule has 1 atom stereocenters. The minimum absolute atomic E-state index is 0.178. The van der Waals surface area contributed by atoms with Crippen molar-refractivity contribution >= 4 is 15.8 Å². The van der Waals surface area contributed by atoms with Gasteiger partial charge in [0.2, 0.25) is 4.87 Å². The Bertz CT molecular complexity index is 281. The standard InChI is InChI=1S/C7H15NO4S/c1-3-4-5-13(11,12)7(2,8)6(9)10/h3-5,8H2,1-2H3,(H,9,10). The molecule has 78 valence electrons. The summed E-state index contributed by atoms with van der Waals surface area (Å²) in [7, 11) is -3.74. The van der Waals surface area contributed by atoms with Crippen molar-refractivity contribution in [3.05, 3.63) is 0 Å². The van der Waals surface area contributed by atoms with E-state index in [2.05, 4.69) is 0 Å². The fourth-order valence-corrected chi connectivity index (χ4v) is 2.04. The second-order valence-corrected chi connectivity index (χ2v) is 5.57. The van der Waals surface area contributed by atoms with E-state index in [0.29, 0.717) is 12.8 Å². The van der Waals surface area contributed by atoms with E-state index < -0.39 is 20.7 Å². The van der Waals surface area contributed by atoms with Crippen molar-refractivity contribution in [2.75, 3.05) is 5.75 Å². The lowest BCUT2D eigenvalue weighted by molar-refractivity contribution is -0.139. The first-order valence-corrected chi connectivity index (χ1v) is 5.65. The summed E-state index contributed by atoms with van der Waals surface area (Å²) in [6.45, 7) is 2.82. The third kappa shape index (κ3) is 2.67. The summed E-state index contributed by atoms with van der Waals surface area (Å²) < 4.78 is 22.7. The highest BCUT2D eigenvalue weighted by atomic mass is 32.2. The van der Waals surface area contributed by atoms with E-state index in [1.54, 1.807) is 0 Å². The Morgan fingerprint density at radius 1 is 1.54 bits per heavy atom. The Morgan fingerprint density at radius 3 is 2.31 bits per heavy atom. The molecule has 0 amide bonds. The van der Waals surface area contributed by atoms with Crippen molar-refractivity contribution in [1.82, 2.24) is 0 Å². The lowest BCUT2D eigenvalue weighted by Crippen LogP contribution is -2.52. The first kappa shape index (κ1) is 12.4. The lowest BCUT2D eigenvalue weighted by atomic mass is 10.4. The van der Waals surface area contributed by atoms with Crippen LogP contribution < -0.4 is 5.73 Å². The number of carboxylic acid groups (broad SMARTS) is 1. The molecule has 0 heterocycles. The van der Waals surface area contributed by atoms with E-state index in [-0.39, 0.29) is 5.75 Å². The molecule has 0 aliphatic heterocycles. The van der Waals surface area contributed by atoms with Gasteiger partial charge in [-0.15, -0.1) is 0 Å². The first-order valence-electron chi connectivity index (χ1n) is 4.00. The van der Waals surface area contributed by atoms with E-state index in [0.717, 1.165) is 6.92 Å². The molecule has 6 heteroatoms. The summed E-state index contributed by atoms with van der Waals surface area (Å²) in [5, 5.41) is 8.57. The van der Waals surface area contributed by atoms with Gasteiger partial charge in [0.05, 0.1) is 5.75 Å². The van der Waals surface area contributed by atoms with Gasteiger partial charge in [0.15, 0.2) is 9.84 Å². The summed E-state index contributed by atoms with van der Waals surface area (Å²) in [4.78, 5) is 8.36. The van der Waals surface area contributed by atoms with Crippen LogP contribution >= 0.6 is 0 Å². The molecule has 1 unspecified atom stereocenters. The molecule has 0 spiro atoms. The van der Waals surface area contributed by atoms with Gasteiger partial charge in [-0.3, -0.25) is 0 Å². The molecule has 0 aromatic carbocycles. The molecule has 0 saturated carbocycles. The second kappa shape index (κ2) is 4.06. The van der Waals surface area contributed by atoms with Gasteiger partial charge in [-0.2, -0.15) is 0 Å². The van der Waals surface area contributed by atoms with Crippen LogP contribution in [-0.4, -0.2) is 30.1 Å². The van der Waals surface area contributed by atoms with E-state index >= 15 is 0 Å². The van der Waals surface area contributed by atoms with Crippen LogP contribution in [0.5, 0.6) is 0 Å². The zero-order valence-electron chi connectivity index (χ0n) is 7.78. The van der Waals surface area contributed by atoms with Gasteiger partial charge in [0, 0.05) is 0 Å². The van der Waals surface area contributed by atoms with Gasteiger partial charge < -0.3 is 10.8 Å². The summed E-state index contributed by atoms with van der Waals surface area (Å²) in [6, 6.07) is 0. The monoisotopic (exact) mass is 209 g/mol. The molecular formula is C7H15NO4S. The molecule has 3 N–H and O–H groups in total. The molecule has 0 fully saturated rings. The van der Waals surface area contributed by atoms with Crippen molar-refractivity contribution in [3.63, 3.8) is 0 Å². The van der Waals surface area contributed by atoms with E-state index in [4.69, 9.17) is 10.8 Å². The SMILES string of the molecule is CCCCS(=O)(=O)C(C)(N)C(=O)O. The van der Waals surface area contributed by atoms with Crippen LogP contribution in [0, 0.1) is 0 Å². The molecule has 0 aromatic rings. The van der Waals surface area contributed by atoms with E-state index in [1.165, 1.54) is 0 Å². The zero-order valence-corrected chi connectivity index (χ0v) is 8.60. The molecule has 0 bridgehead atoms. The normalized spacial score (nSPS) is 16.5. The number of rotatable bonds is 5. The van der Waals surface area contributed by atoms with Gasteiger partial charge in [-0.1, -0.05) is 13.3 Å². The van der Waals surface area contributed by atoms with Crippen LogP contribution in [0.1, 0.15) is 26.7 Å². The van der Waals surface area contributed by atoms with Gasteiger partial charge in [0.1, 0.15) is 0 Å². The molecule has 0 aromatic heterocycles. The molecule has 0 rings (SSSR count). The third-order valence-electron chi connectivity index (χ3n) is 1.84. The molecule has 0 radical (unpaired) electrons. The van der Waals surface area contributed by atoms with E-state index in [1.807, 2.05) is 6.92 Å². The predicted molar refractivity (Wildman–Crippen MR) is 48.9 cm³/mol. The van der Waals surface area contributed by atoms with Gasteiger partial charge in [-0.25, -0.2) is 13.2 Å². The van der Waals surface area contributed by atoms with Crippen molar-refractivity contribution in [2.24, 2.45) is 5.73 Å². The average molecular weight is 209 g/mol. The van der Waals surface area contributed by atoms with Crippen LogP contribution in [0.25, 0.3) is 0 Å². The molecule has 5 nitrogen and oxygen atoms in total. The summed E-state index contributed by atoms with van der Waals surface area (Å²) in [6.07, 6.45) is 1.12. The zero-order chi connectivity index (χ0) is 10.7. The van der Waals surface area contributed by atoms with Gasteiger partial charge >= 0.3 is 5.97 Å². The summed E-state index contributed by atoms with van der Waals surface area (Å²) in [5.41, 5.74) is 5.19. The number of aliphatic carboxylic acids is 1. The highest BCUT2D eigenvalue weighted by Gasteiger charge is 2.41. The minimum Gasteiger partial charge on any atom is -0.479 e. The number of carbonyl (C=O) groups is 1. The molecule has 0 aliphatic rings. The number of sulfone groups is 1. The second-order valence-electron chi connectivity index (χ2n) is 3.08. The van der Waals surface area contributed by atoms with Crippen molar-refractivity contribution in [3.8, 4) is 0 Å². The van der Waals surface area contributed by atoms with Gasteiger partial charge in [0.25, 0.3) is 0 Å². The predicted octanol–water partition coefficient (Wildman–Crippen LogP) is -0.0392. The maximum atomic E-state index is 11.3. The van der Waals surface area contributed by atoms with Gasteiger partial charge in [-0.05, 0) is 13.3 Å². The Balaban J connectivity index is 4.73. The summed E-state index contributed by atoms with van der Waals surface area (Å²) >= 11 is 0. The summed E-state index contributed by atoms with van der Waals surface area (Å²) in [5.74, 6) is -1.69. The van der Waals surface area contributed by atoms with Crippen LogP contribution in [0.3, 0.4) is 0 Å². The quantitative estimate of drug-likeness (QED) is 0.662. The lowest BCUT2D eigenvalue weighted by Gasteiger charge is -2.19. The number of hydrogen-bond donors (Lipinski definition) is 2. The Hall–Kier alpha value is -0.620. The highest BCUT2D eigenvalue weighted by molar-refractivity contribution is 7.93. The van der Waals surface area contributed by atoms with Crippen LogP contribution in [0.2, 0.25) is 0 Å². The Labute approximate surface area is 77.8 Å². The van der Waals surface area contributed by atoms with Crippen molar-refractivity contribution in [2.45, 2.75) is 31.6 Å². The number of hydrogen-bond acceptors (Lipinski definition) is 4. The average Bonchev–Trinajstić information content (AvgIpc) is 2.00. The van der Waals surface area contributed by atoms with Crippen molar-refractivity contribution < 1.29 is 18.3 Å². The molecule has 0 saturated heterocycles. The third-order valence-corrected chi connectivity index (χ3v) is 4.13. The molecule has 0 aliphatic carbocycles. The first-order chi connectivity index (χ1) is 5.75. The largest absolute Gasteiger partial charge is 0.479 e. The maximum Gasteiger partial charge on any atom is 0.339 e. The van der Waals surface area contributed by atoms with Crippen LogP contribution in [0.4, 0.5) is 0 Å². The highest BCUT2D eigenvalue weighted by Crippen LogP contribution is 2.13. The number of carboxylic acids is 1. The number of nitrogens with two attached hydrogens (primary N) is 1. The topological polar surface area (TPSA) is 97.5 Å². The maximum absolute atomic E-state index is 11.3. The van der Waals surface area contributed by atoms with Crippen LogP contribution in [0.15, 0.2) is 0 Å². The minimum atomic E-state index is -3.74. The Kier molecular flexibility index (Phi) is 3.87. The fourth-order valence-electron chi connectivity index (χ4n) is 0.679. The van der Waals surface area contributed by atoms with E-state index in [9.17, 15) is 13.2 Å². The molecular weight excluding hydrogens is 194 g/mol. The van der Waals surface area contributed by atoms with Crippen molar-refractivity contribution in [1.29, 1.82) is 0 Å². The molecule has 13 heavy (non-hydrogen) atoms. The van der Waals surface area contributed by atoms with Crippen LogP contribution in [-0.2, 0) is 14.6 Å². The number of unbranched alkanes of at least 4 members (excludes halogenated alkanes) is 1. The smallest absolute Gasteiger partial charge is 0.339 e. The fraction of sp³-hybridized carbons (Fsp3) is 0.857. The Morgan fingerprint density at radius 2 is 2.00 bits per heavy atom.